The summed E-state index contributed by atoms with van der Waals surface area (Å²) in [5.74, 6) is 0.0997. The molecule has 0 aliphatic carbocycles. The van der Waals surface area contributed by atoms with Crippen molar-refractivity contribution in [2.45, 2.75) is 46.5 Å². The lowest BCUT2D eigenvalue weighted by Crippen LogP contribution is -2.50. The second-order valence-electron chi connectivity index (χ2n) is 9.61. The normalized spacial score (nSPS) is 11.6. The maximum Gasteiger partial charge on any atom is 0.335 e. The number of nitrogens with zero attached hydrogens (tertiary/aromatic N) is 4. The van der Waals surface area contributed by atoms with Crippen molar-refractivity contribution in [3.63, 3.8) is 0 Å². The summed E-state index contributed by atoms with van der Waals surface area (Å²) in [4.78, 5) is 58.9. The van der Waals surface area contributed by atoms with Crippen LogP contribution in [0.5, 0.6) is 5.75 Å². The standard InChI is InChI=1S/C29H30ClN5O6/c1-18(2)41-24-12-11-23(14-19(24)3)31-27-32-28(38)35(29(39)34(27)15-20-7-9-22(30)10-8-20)16-21-6-5-13-33(26(21)37)17-25(36)40-4/h5-14,18H,15-17H2,1-4H3,(H,31,32,38). The van der Waals surface area contributed by atoms with Gasteiger partial charge in [-0.3, -0.25) is 19.1 Å². The predicted molar refractivity (Wildman–Crippen MR) is 154 cm³/mol. The lowest BCUT2D eigenvalue weighted by molar-refractivity contribution is -0.141. The van der Waals surface area contributed by atoms with Gasteiger partial charge in [-0.2, -0.15) is 0 Å². The van der Waals surface area contributed by atoms with E-state index in [0.29, 0.717) is 16.5 Å². The molecule has 11 nitrogen and oxygen atoms in total. The first-order chi connectivity index (χ1) is 19.5. The van der Waals surface area contributed by atoms with Crippen LogP contribution in [-0.4, -0.2) is 37.9 Å². The highest BCUT2D eigenvalue weighted by Crippen LogP contribution is 2.24. The van der Waals surface area contributed by atoms with Crippen LogP contribution in [0.1, 0.15) is 30.5 Å². The SMILES string of the molecule is COC(=O)Cn1cccc(Cn2c(=O)[nH]/c(=N\c3ccc(OC(C)C)c(C)c3)n(Cc3ccc(Cl)cc3)c2=O)c1=O. The molecule has 0 bridgehead atoms. The monoisotopic (exact) mass is 579 g/mol. The molecule has 214 valence electrons. The number of carbonyl (C=O) groups is 1. The first-order valence-corrected chi connectivity index (χ1v) is 13.2. The fourth-order valence-corrected chi connectivity index (χ4v) is 4.24. The number of hydrogen-bond acceptors (Lipinski definition) is 7. The topological polar surface area (TPSA) is 130 Å². The van der Waals surface area contributed by atoms with E-state index in [2.05, 4.69) is 14.7 Å². The van der Waals surface area contributed by atoms with E-state index in [-0.39, 0.29) is 36.9 Å². The molecule has 0 spiro atoms. The number of aromatic amines is 1. The van der Waals surface area contributed by atoms with Gasteiger partial charge in [-0.15, -0.1) is 0 Å². The lowest BCUT2D eigenvalue weighted by atomic mass is 10.2. The van der Waals surface area contributed by atoms with Gasteiger partial charge in [0.05, 0.1) is 32.0 Å². The van der Waals surface area contributed by atoms with Gasteiger partial charge in [-0.1, -0.05) is 29.8 Å². The first-order valence-electron chi connectivity index (χ1n) is 12.8. The summed E-state index contributed by atoms with van der Waals surface area (Å²) in [7, 11) is 1.22. The fraction of sp³-hybridized carbons (Fsp3) is 0.276. The van der Waals surface area contributed by atoms with Gasteiger partial charge >= 0.3 is 17.3 Å². The molecule has 4 aromatic rings. The number of benzene rings is 2. The quantitative estimate of drug-likeness (QED) is 0.304. The van der Waals surface area contributed by atoms with Gasteiger partial charge in [0.1, 0.15) is 12.3 Å². The Hall–Kier alpha value is -4.64. The summed E-state index contributed by atoms with van der Waals surface area (Å²) in [6.07, 6.45) is 1.42. The van der Waals surface area contributed by atoms with Crippen LogP contribution < -0.4 is 27.3 Å². The third kappa shape index (κ3) is 7.12. The molecule has 12 heteroatoms. The number of halogens is 1. The maximum atomic E-state index is 13.8. The van der Waals surface area contributed by atoms with Gasteiger partial charge in [0.25, 0.3) is 5.56 Å². The number of ether oxygens (including phenoxy) is 2. The van der Waals surface area contributed by atoms with Crippen molar-refractivity contribution in [2.75, 3.05) is 7.11 Å². The summed E-state index contributed by atoms with van der Waals surface area (Å²) in [6, 6.07) is 15.3. The molecule has 0 fully saturated rings. The van der Waals surface area contributed by atoms with Crippen LogP contribution in [-0.2, 0) is 29.2 Å². The molecule has 0 unspecified atom stereocenters. The van der Waals surface area contributed by atoms with Crippen LogP contribution in [0.3, 0.4) is 0 Å². The van der Waals surface area contributed by atoms with Crippen LogP contribution in [0.4, 0.5) is 5.69 Å². The zero-order valence-corrected chi connectivity index (χ0v) is 23.8. The van der Waals surface area contributed by atoms with Gasteiger partial charge in [0, 0.05) is 16.8 Å². The van der Waals surface area contributed by atoms with Crippen molar-refractivity contribution in [3.05, 3.63) is 119 Å². The van der Waals surface area contributed by atoms with E-state index in [4.69, 9.17) is 16.3 Å². The van der Waals surface area contributed by atoms with Crippen LogP contribution in [0.25, 0.3) is 0 Å². The van der Waals surface area contributed by atoms with E-state index in [0.717, 1.165) is 20.3 Å². The second-order valence-corrected chi connectivity index (χ2v) is 10.0. The molecule has 0 saturated carbocycles. The summed E-state index contributed by atoms with van der Waals surface area (Å²) in [5, 5.41) is 0.536. The number of H-pyrrole nitrogens is 1. The number of nitrogens with one attached hydrogen (secondary N) is 1. The van der Waals surface area contributed by atoms with E-state index in [1.54, 1.807) is 48.5 Å². The van der Waals surface area contributed by atoms with Gasteiger partial charge < -0.3 is 14.0 Å². The third-order valence-corrected chi connectivity index (χ3v) is 6.40. The van der Waals surface area contributed by atoms with E-state index >= 15 is 0 Å². The maximum absolute atomic E-state index is 13.8. The zero-order chi connectivity index (χ0) is 29.7. The van der Waals surface area contributed by atoms with Gasteiger partial charge in [0.15, 0.2) is 0 Å². The Balaban J connectivity index is 1.83. The van der Waals surface area contributed by atoms with Crippen LogP contribution in [0.2, 0.25) is 5.02 Å². The molecule has 2 aromatic heterocycles. The molecule has 41 heavy (non-hydrogen) atoms. The number of carbonyl (C=O) groups excluding carboxylic acids is 1. The highest BCUT2D eigenvalue weighted by Gasteiger charge is 2.14. The molecule has 0 saturated heterocycles. The number of aromatic nitrogens is 4. The summed E-state index contributed by atoms with van der Waals surface area (Å²) >= 11 is 6.04. The Morgan fingerprint density at radius 3 is 2.41 bits per heavy atom. The van der Waals surface area contributed by atoms with Gasteiger partial charge in [-0.25, -0.2) is 19.1 Å². The average Bonchev–Trinajstić information content (AvgIpc) is 2.93. The molecule has 0 radical (unpaired) electrons. The number of hydrogen-bond donors (Lipinski definition) is 1. The molecule has 2 aromatic carbocycles. The Morgan fingerprint density at radius 2 is 1.76 bits per heavy atom. The summed E-state index contributed by atoms with van der Waals surface area (Å²) in [5.41, 5.74) is 0.298. The molecule has 4 rings (SSSR count). The largest absolute Gasteiger partial charge is 0.491 e. The zero-order valence-electron chi connectivity index (χ0n) is 23.1. The minimum Gasteiger partial charge on any atom is -0.491 e. The van der Waals surface area contributed by atoms with Crippen molar-refractivity contribution in [3.8, 4) is 5.75 Å². The predicted octanol–water partition coefficient (Wildman–Crippen LogP) is 2.75. The van der Waals surface area contributed by atoms with Gasteiger partial charge in [0.2, 0.25) is 5.62 Å². The molecule has 0 amide bonds. The molecular formula is C29H30ClN5O6. The van der Waals surface area contributed by atoms with E-state index in [1.165, 1.54) is 23.9 Å². The minimum absolute atomic E-state index is 0.00355. The van der Waals surface area contributed by atoms with Crippen molar-refractivity contribution in [1.82, 2.24) is 18.7 Å². The van der Waals surface area contributed by atoms with Crippen LogP contribution in [0, 0.1) is 6.92 Å². The fourth-order valence-electron chi connectivity index (χ4n) is 4.11. The Kier molecular flexibility index (Phi) is 9.08. The molecule has 2 heterocycles. The van der Waals surface area contributed by atoms with E-state index < -0.39 is 22.9 Å². The minimum atomic E-state index is -0.750. The lowest BCUT2D eigenvalue weighted by Gasteiger charge is -2.13. The first kappa shape index (κ1) is 29.3. The number of methoxy groups -OCH3 is 1. The molecule has 0 aliphatic rings. The number of rotatable bonds is 9. The van der Waals surface area contributed by atoms with Crippen LogP contribution >= 0.6 is 11.6 Å². The average molecular weight is 580 g/mol. The molecule has 1 N–H and O–H groups in total. The third-order valence-electron chi connectivity index (χ3n) is 6.15. The Labute approximate surface area is 239 Å². The van der Waals surface area contributed by atoms with Crippen molar-refractivity contribution in [1.29, 1.82) is 0 Å². The Bertz CT molecular complexity index is 1820. The van der Waals surface area contributed by atoms with E-state index in [9.17, 15) is 19.2 Å². The number of pyridine rings is 1. The summed E-state index contributed by atoms with van der Waals surface area (Å²) < 4.78 is 13.8. The summed E-state index contributed by atoms with van der Waals surface area (Å²) in [6.45, 7) is 5.19. The van der Waals surface area contributed by atoms with Gasteiger partial charge in [-0.05, 0) is 68.3 Å². The highest BCUT2D eigenvalue weighted by atomic mass is 35.5. The van der Waals surface area contributed by atoms with Crippen molar-refractivity contribution in [2.24, 2.45) is 4.99 Å². The van der Waals surface area contributed by atoms with E-state index in [1.807, 2.05) is 20.8 Å². The second kappa shape index (κ2) is 12.7. The smallest absolute Gasteiger partial charge is 0.335 e. The Morgan fingerprint density at radius 1 is 1.02 bits per heavy atom. The molecular weight excluding hydrogens is 550 g/mol. The number of aryl methyl sites for hydroxylation is 1. The molecule has 0 atom stereocenters. The highest BCUT2D eigenvalue weighted by molar-refractivity contribution is 6.30. The number of esters is 1. The van der Waals surface area contributed by atoms with Crippen molar-refractivity contribution >= 4 is 23.3 Å². The molecule has 0 aliphatic heterocycles. The van der Waals surface area contributed by atoms with Crippen LogP contribution in [0.15, 0.2) is 80.2 Å². The van der Waals surface area contributed by atoms with Crippen molar-refractivity contribution < 1.29 is 14.3 Å².